The summed E-state index contributed by atoms with van der Waals surface area (Å²) in [6.45, 7) is 1.31. The second-order valence-electron chi connectivity index (χ2n) is 11.1. The van der Waals surface area contributed by atoms with Crippen LogP contribution >= 0.6 is 11.6 Å². The number of halogens is 1. The molecule has 2 aromatic carbocycles. The molecule has 4 heterocycles. The van der Waals surface area contributed by atoms with E-state index >= 15 is 0 Å². The lowest BCUT2D eigenvalue weighted by Gasteiger charge is -2.23. The number of aliphatic hydroxyl groups excluding tert-OH is 1. The summed E-state index contributed by atoms with van der Waals surface area (Å²) in [6, 6.07) is 15.2. The van der Waals surface area contributed by atoms with Crippen LogP contribution in [-0.4, -0.2) is 76.3 Å². The van der Waals surface area contributed by atoms with Crippen LogP contribution in [0.25, 0.3) is 11.3 Å². The first-order valence-corrected chi connectivity index (χ1v) is 14.9. The zero-order valence-corrected chi connectivity index (χ0v) is 24.4. The van der Waals surface area contributed by atoms with Crippen LogP contribution < -0.4 is 10.6 Å². The SMILES string of the molecule is O=C(CN1Cc2ccc(-c3nc(NC4CCOCC4)ncc3Cl)cc2C1=O)NC(CO)C1=COC(Cc2ccccc2)C1. The largest absolute Gasteiger partial charge is 0.497 e. The lowest BCUT2D eigenvalue weighted by Crippen LogP contribution is -2.44. The van der Waals surface area contributed by atoms with Gasteiger partial charge in [0.25, 0.3) is 5.91 Å². The highest BCUT2D eigenvalue weighted by Gasteiger charge is 2.31. The predicted octanol–water partition coefficient (Wildman–Crippen LogP) is 3.74. The number of nitrogens with one attached hydrogen (secondary N) is 2. The number of carbonyl (C=O) groups is 2. The Kier molecular flexibility index (Phi) is 8.87. The quantitative estimate of drug-likeness (QED) is 0.320. The number of nitrogens with zero attached hydrogens (tertiary/aromatic N) is 3. The summed E-state index contributed by atoms with van der Waals surface area (Å²) in [5.41, 5.74) is 4.54. The van der Waals surface area contributed by atoms with E-state index in [1.165, 1.54) is 4.90 Å². The Morgan fingerprint density at radius 1 is 1.16 bits per heavy atom. The third-order valence-electron chi connectivity index (χ3n) is 8.04. The maximum absolute atomic E-state index is 13.3. The van der Waals surface area contributed by atoms with Gasteiger partial charge in [-0.3, -0.25) is 9.59 Å². The molecule has 0 bridgehead atoms. The van der Waals surface area contributed by atoms with Crippen molar-refractivity contribution >= 4 is 29.4 Å². The number of anilines is 1. The van der Waals surface area contributed by atoms with Crippen molar-refractivity contribution in [2.24, 2.45) is 0 Å². The van der Waals surface area contributed by atoms with Gasteiger partial charge in [0, 0.05) is 49.8 Å². The smallest absolute Gasteiger partial charge is 0.254 e. The molecule has 11 heteroatoms. The highest BCUT2D eigenvalue weighted by atomic mass is 35.5. The van der Waals surface area contributed by atoms with E-state index in [2.05, 4.69) is 20.6 Å². The number of rotatable bonds is 10. The summed E-state index contributed by atoms with van der Waals surface area (Å²) in [4.78, 5) is 36.8. The first-order chi connectivity index (χ1) is 21.0. The van der Waals surface area contributed by atoms with E-state index in [0.29, 0.717) is 54.0 Å². The van der Waals surface area contributed by atoms with Crippen LogP contribution in [-0.2, 0) is 27.2 Å². The Hall–Kier alpha value is -3.99. The Balaban J connectivity index is 1.07. The number of amides is 2. The Bertz CT molecular complexity index is 1510. The number of benzene rings is 2. The lowest BCUT2D eigenvalue weighted by molar-refractivity contribution is -0.122. The molecule has 3 aliphatic rings. The molecule has 3 aliphatic heterocycles. The average molecular weight is 604 g/mol. The van der Waals surface area contributed by atoms with Crippen LogP contribution in [0.2, 0.25) is 5.02 Å². The van der Waals surface area contributed by atoms with Crippen molar-refractivity contribution in [1.29, 1.82) is 0 Å². The van der Waals surface area contributed by atoms with Gasteiger partial charge in [0.15, 0.2) is 0 Å². The van der Waals surface area contributed by atoms with Gasteiger partial charge < -0.3 is 30.1 Å². The monoisotopic (exact) mass is 603 g/mol. The molecule has 10 nitrogen and oxygen atoms in total. The summed E-state index contributed by atoms with van der Waals surface area (Å²) in [7, 11) is 0. The van der Waals surface area contributed by atoms with E-state index in [1.54, 1.807) is 18.5 Å². The van der Waals surface area contributed by atoms with Crippen molar-refractivity contribution < 1.29 is 24.2 Å². The first-order valence-electron chi connectivity index (χ1n) is 14.5. The number of hydrogen-bond donors (Lipinski definition) is 3. The molecule has 0 spiro atoms. The fourth-order valence-electron chi connectivity index (χ4n) is 5.73. The minimum absolute atomic E-state index is 0.0516. The second-order valence-corrected chi connectivity index (χ2v) is 11.5. The summed E-state index contributed by atoms with van der Waals surface area (Å²) in [5.74, 6) is -0.121. The normalized spacial score (nSPS) is 19.0. The van der Waals surface area contributed by atoms with E-state index < -0.39 is 6.04 Å². The molecule has 2 atom stereocenters. The molecular weight excluding hydrogens is 570 g/mol. The number of fused-ring (bicyclic) bond motifs is 1. The fourth-order valence-corrected chi connectivity index (χ4v) is 5.93. The molecule has 1 fully saturated rings. The number of aromatic nitrogens is 2. The topological polar surface area (TPSA) is 126 Å². The minimum atomic E-state index is -0.580. The van der Waals surface area contributed by atoms with Gasteiger partial charge in [-0.05, 0) is 35.6 Å². The van der Waals surface area contributed by atoms with Crippen LogP contribution in [0.3, 0.4) is 0 Å². The van der Waals surface area contributed by atoms with Gasteiger partial charge in [0.05, 0.1) is 35.8 Å². The van der Waals surface area contributed by atoms with E-state index in [1.807, 2.05) is 42.5 Å². The third kappa shape index (κ3) is 6.82. The number of carbonyl (C=O) groups excluding carboxylic acids is 2. The molecule has 3 N–H and O–H groups in total. The van der Waals surface area contributed by atoms with Crippen LogP contribution in [0.15, 0.2) is 66.6 Å². The van der Waals surface area contributed by atoms with Crippen LogP contribution in [0.5, 0.6) is 0 Å². The molecule has 3 aromatic rings. The predicted molar refractivity (Wildman–Crippen MR) is 161 cm³/mol. The first kappa shape index (κ1) is 29.1. The van der Waals surface area contributed by atoms with Crippen molar-refractivity contribution in [3.05, 3.63) is 88.3 Å². The summed E-state index contributed by atoms with van der Waals surface area (Å²) >= 11 is 6.47. The maximum Gasteiger partial charge on any atom is 0.254 e. The van der Waals surface area contributed by atoms with Gasteiger partial charge >= 0.3 is 0 Å². The zero-order chi connectivity index (χ0) is 29.8. The third-order valence-corrected chi connectivity index (χ3v) is 8.32. The summed E-state index contributed by atoms with van der Waals surface area (Å²) < 4.78 is 11.2. The van der Waals surface area contributed by atoms with Gasteiger partial charge in [0.2, 0.25) is 11.9 Å². The van der Waals surface area contributed by atoms with Crippen molar-refractivity contribution in [1.82, 2.24) is 20.2 Å². The Morgan fingerprint density at radius 2 is 1.98 bits per heavy atom. The molecule has 6 rings (SSSR count). The summed E-state index contributed by atoms with van der Waals surface area (Å²) in [6.07, 6.45) is 6.23. The standard InChI is InChI=1S/C32H34ClN5O5/c33-27-15-34-32(35-24-8-10-42-11-9-24)37-30(27)21-6-7-22-16-38(31(41)26(22)14-21)17-29(40)36-28(18-39)23-13-25(43-19-23)12-20-4-2-1-3-5-20/h1-7,14-15,19,24-25,28,39H,8-13,16-18H2,(H,36,40)(H,34,35,37). The van der Waals surface area contributed by atoms with Crippen molar-refractivity contribution in [3.8, 4) is 11.3 Å². The highest BCUT2D eigenvalue weighted by Crippen LogP contribution is 2.32. The molecule has 43 heavy (non-hydrogen) atoms. The van der Waals surface area contributed by atoms with E-state index in [0.717, 1.165) is 36.0 Å². The van der Waals surface area contributed by atoms with E-state index in [4.69, 9.17) is 21.1 Å². The molecule has 1 saturated heterocycles. The Labute approximate surface area is 255 Å². The average Bonchev–Trinajstić information content (AvgIpc) is 3.61. The lowest BCUT2D eigenvalue weighted by atomic mass is 9.99. The van der Waals surface area contributed by atoms with Gasteiger partial charge in [-0.25, -0.2) is 9.97 Å². The highest BCUT2D eigenvalue weighted by molar-refractivity contribution is 6.33. The van der Waals surface area contributed by atoms with Crippen LogP contribution in [0, 0.1) is 0 Å². The molecule has 2 amide bonds. The molecular formula is C32H34ClN5O5. The minimum Gasteiger partial charge on any atom is -0.497 e. The second kappa shape index (κ2) is 13.1. The van der Waals surface area contributed by atoms with E-state index in [-0.39, 0.29) is 37.1 Å². The van der Waals surface area contributed by atoms with Crippen molar-refractivity contribution in [2.45, 2.75) is 50.4 Å². The molecule has 0 saturated carbocycles. The van der Waals surface area contributed by atoms with E-state index in [9.17, 15) is 14.7 Å². The molecule has 0 radical (unpaired) electrons. The van der Waals surface area contributed by atoms with Crippen LogP contribution in [0.4, 0.5) is 5.95 Å². The summed E-state index contributed by atoms with van der Waals surface area (Å²) in [5, 5.41) is 16.6. The number of hydrogen-bond acceptors (Lipinski definition) is 8. The van der Waals surface area contributed by atoms with Gasteiger partial charge in [-0.1, -0.05) is 54.1 Å². The van der Waals surface area contributed by atoms with Crippen molar-refractivity contribution in [3.63, 3.8) is 0 Å². The maximum atomic E-state index is 13.3. The fraction of sp³-hybridized carbons (Fsp3) is 0.375. The number of aliphatic hydroxyl groups is 1. The van der Waals surface area contributed by atoms with Gasteiger partial charge in [0.1, 0.15) is 12.6 Å². The van der Waals surface area contributed by atoms with Gasteiger partial charge in [-0.15, -0.1) is 0 Å². The molecule has 224 valence electrons. The zero-order valence-electron chi connectivity index (χ0n) is 23.7. The van der Waals surface area contributed by atoms with Gasteiger partial charge in [-0.2, -0.15) is 0 Å². The number of ether oxygens (including phenoxy) is 2. The van der Waals surface area contributed by atoms with Crippen molar-refractivity contribution in [2.75, 3.05) is 31.7 Å². The molecule has 2 unspecified atom stereocenters. The molecule has 1 aromatic heterocycles. The van der Waals surface area contributed by atoms with Crippen LogP contribution in [0.1, 0.15) is 40.7 Å². The Morgan fingerprint density at radius 3 is 2.77 bits per heavy atom. The molecule has 0 aliphatic carbocycles.